The Labute approximate surface area is 99.7 Å². The van der Waals surface area contributed by atoms with Crippen LogP contribution in [0, 0.1) is 5.92 Å². The van der Waals surface area contributed by atoms with E-state index in [9.17, 15) is 4.79 Å². The fraction of sp³-hybridized carbons (Fsp3) is 0.636. The lowest BCUT2D eigenvalue weighted by Gasteiger charge is -2.30. The number of aromatic nitrogens is 1. The Morgan fingerprint density at radius 1 is 1.65 bits per heavy atom. The highest BCUT2D eigenvalue weighted by Crippen LogP contribution is 2.29. The van der Waals surface area contributed by atoms with Crippen LogP contribution in [-0.4, -0.2) is 31.3 Å². The number of rotatable bonds is 2. The Kier molecular flexibility index (Phi) is 3.21. The molecule has 1 aliphatic heterocycles. The van der Waals surface area contributed by atoms with Crippen molar-refractivity contribution < 1.29 is 14.1 Å². The van der Waals surface area contributed by atoms with Crippen molar-refractivity contribution in [1.82, 2.24) is 5.16 Å². The van der Waals surface area contributed by atoms with Gasteiger partial charge in [0.25, 0.3) is 0 Å². The second-order valence-corrected chi connectivity index (χ2v) is 4.43. The minimum absolute atomic E-state index is 0.0186. The molecule has 1 aromatic rings. The monoisotopic (exact) mass is 239 g/mol. The van der Waals surface area contributed by atoms with Gasteiger partial charge in [-0.3, -0.25) is 0 Å². The van der Waals surface area contributed by atoms with Crippen molar-refractivity contribution in [1.29, 1.82) is 0 Å². The zero-order chi connectivity index (χ0) is 12.4. The van der Waals surface area contributed by atoms with Crippen molar-refractivity contribution in [3.05, 3.63) is 5.56 Å². The number of hydrogen-bond acceptors (Lipinski definition) is 6. The van der Waals surface area contributed by atoms with E-state index in [-0.39, 0.29) is 11.4 Å². The molecule has 0 saturated carbocycles. The van der Waals surface area contributed by atoms with Gasteiger partial charge in [0.2, 0.25) is 5.88 Å². The SMILES string of the molecule is COC(=O)c1c(N2CCCC(C)C2)noc1N. The quantitative estimate of drug-likeness (QED) is 0.783. The Bertz CT molecular complexity index is 416. The molecule has 6 heteroatoms. The second-order valence-electron chi connectivity index (χ2n) is 4.43. The first-order valence-electron chi connectivity index (χ1n) is 5.72. The van der Waals surface area contributed by atoms with E-state index in [2.05, 4.69) is 16.8 Å². The number of piperidine rings is 1. The summed E-state index contributed by atoms with van der Waals surface area (Å²) in [5.74, 6) is 0.593. The Morgan fingerprint density at radius 3 is 3.06 bits per heavy atom. The van der Waals surface area contributed by atoms with Crippen LogP contribution in [0.5, 0.6) is 0 Å². The van der Waals surface area contributed by atoms with Crippen LogP contribution in [-0.2, 0) is 4.74 Å². The number of ether oxygens (including phenoxy) is 1. The second kappa shape index (κ2) is 4.65. The lowest BCUT2D eigenvalue weighted by Crippen LogP contribution is -2.35. The van der Waals surface area contributed by atoms with Crippen LogP contribution in [0.2, 0.25) is 0 Å². The van der Waals surface area contributed by atoms with Gasteiger partial charge in [0.1, 0.15) is 0 Å². The van der Waals surface area contributed by atoms with Crippen LogP contribution < -0.4 is 10.6 Å². The smallest absolute Gasteiger partial charge is 0.347 e. The molecule has 1 saturated heterocycles. The van der Waals surface area contributed by atoms with Gasteiger partial charge in [-0.15, -0.1) is 0 Å². The molecule has 2 N–H and O–H groups in total. The molecule has 1 unspecified atom stereocenters. The summed E-state index contributed by atoms with van der Waals surface area (Å²) in [7, 11) is 1.32. The summed E-state index contributed by atoms with van der Waals surface area (Å²) in [6.07, 6.45) is 2.27. The molecule has 0 bridgehead atoms. The highest BCUT2D eigenvalue weighted by atomic mass is 16.5. The first kappa shape index (κ1) is 11.8. The highest BCUT2D eigenvalue weighted by molar-refractivity contribution is 5.99. The maximum atomic E-state index is 11.6. The Balaban J connectivity index is 2.28. The van der Waals surface area contributed by atoms with E-state index in [4.69, 9.17) is 10.3 Å². The Hall–Kier alpha value is -1.72. The average molecular weight is 239 g/mol. The number of nitrogens with zero attached hydrogens (tertiary/aromatic N) is 2. The number of methoxy groups -OCH3 is 1. The molecule has 0 radical (unpaired) electrons. The number of carbonyl (C=O) groups excluding carboxylic acids is 1. The van der Waals surface area contributed by atoms with Crippen molar-refractivity contribution in [3.8, 4) is 0 Å². The predicted molar refractivity (Wildman–Crippen MR) is 62.9 cm³/mol. The largest absolute Gasteiger partial charge is 0.465 e. The molecular weight excluding hydrogens is 222 g/mol. The highest BCUT2D eigenvalue weighted by Gasteiger charge is 2.28. The maximum absolute atomic E-state index is 11.6. The van der Waals surface area contributed by atoms with Gasteiger partial charge in [0, 0.05) is 13.1 Å². The fourth-order valence-corrected chi connectivity index (χ4v) is 2.19. The summed E-state index contributed by atoms with van der Waals surface area (Å²) in [4.78, 5) is 13.6. The molecule has 17 heavy (non-hydrogen) atoms. The molecule has 0 amide bonds. The topological polar surface area (TPSA) is 81.6 Å². The molecule has 2 rings (SSSR count). The van der Waals surface area contributed by atoms with Crippen molar-refractivity contribution in [2.45, 2.75) is 19.8 Å². The van der Waals surface area contributed by atoms with Crippen LogP contribution in [0.25, 0.3) is 0 Å². The number of nitrogens with two attached hydrogens (primary N) is 1. The number of nitrogen functional groups attached to an aromatic ring is 1. The van der Waals surface area contributed by atoms with Gasteiger partial charge >= 0.3 is 5.97 Å². The zero-order valence-electron chi connectivity index (χ0n) is 10.1. The lowest BCUT2D eigenvalue weighted by molar-refractivity contribution is 0.0602. The lowest BCUT2D eigenvalue weighted by atomic mass is 10.00. The van der Waals surface area contributed by atoms with Crippen molar-refractivity contribution in [2.24, 2.45) is 5.92 Å². The van der Waals surface area contributed by atoms with Gasteiger partial charge in [-0.2, -0.15) is 0 Å². The average Bonchev–Trinajstić information content (AvgIpc) is 2.70. The molecule has 0 aliphatic carbocycles. The zero-order valence-corrected chi connectivity index (χ0v) is 10.1. The number of hydrogen-bond donors (Lipinski definition) is 1. The van der Waals surface area contributed by atoms with E-state index in [0.29, 0.717) is 11.7 Å². The normalized spacial score (nSPS) is 20.4. The van der Waals surface area contributed by atoms with Crippen LogP contribution in [0.1, 0.15) is 30.1 Å². The third kappa shape index (κ3) is 2.20. The molecule has 1 atom stereocenters. The molecule has 1 aromatic heterocycles. The summed E-state index contributed by atoms with van der Waals surface area (Å²) in [6.45, 7) is 3.89. The van der Waals surface area contributed by atoms with E-state index in [1.165, 1.54) is 13.5 Å². The molecule has 6 nitrogen and oxygen atoms in total. The van der Waals surface area contributed by atoms with Gasteiger partial charge in [0.05, 0.1) is 7.11 Å². The fourth-order valence-electron chi connectivity index (χ4n) is 2.19. The van der Waals surface area contributed by atoms with Crippen molar-refractivity contribution in [3.63, 3.8) is 0 Å². The molecule has 2 heterocycles. The molecule has 94 valence electrons. The summed E-state index contributed by atoms with van der Waals surface area (Å²) in [5, 5.41) is 3.87. The third-order valence-corrected chi connectivity index (χ3v) is 3.05. The van der Waals surface area contributed by atoms with Crippen LogP contribution >= 0.6 is 0 Å². The van der Waals surface area contributed by atoms with E-state index in [0.717, 1.165) is 19.5 Å². The molecule has 1 aliphatic rings. The van der Waals surface area contributed by atoms with Gasteiger partial charge in [-0.25, -0.2) is 4.79 Å². The Morgan fingerprint density at radius 2 is 2.41 bits per heavy atom. The molecule has 0 spiro atoms. The third-order valence-electron chi connectivity index (χ3n) is 3.05. The van der Waals surface area contributed by atoms with E-state index < -0.39 is 5.97 Å². The minimum atomic E-state index is -0.503. The standard InChI is InChI=1S/C11H17N3O3/c1-7-4-3-5-14(6-7)10-8(11(15)16-2)9(12)17-13-10/h7H,3-6,12H2,1-2H3. The first-order chi connectivity index (χ1) is 8.13. The summed E-state index contributed by atoms with van der Waals surface area (Å²) >= 11 is 0. The summed E-state index contributed by atoms with van der Waals surface area (Å²) < 4.78 is 9.58. The van der Waals surface area contributed by atoms with Gasteiger partial charge in [-0.05, 0) is 18.8 Å². The van der Waals surface area contributed by atoms with Crippen molar-refractivity contribution >= 4 is 17.7 Å². The molecular formula is C11H17N3O3. The molecule has 1 fully saturated rings. The van der Waals surface area contributed by atoms with Gasteiger partial charge in [-0.1, -0.05) is 12.1 Å². The maximum Gasteiger partial charge on any atom is 0.347 e. The van der Waals surface area contributed by atoms with Crippen molar-refractivity contribution in [2.75, 3.05) is 30.8 Å². The van der Waals surface area contributed by atoms with Crippen LogP contribution in [0.3, 0.4) is 0 Å². The number of carbonyl (C=O) groups is 1. The predicted octanol–water partition coefficient (Wildman–Crippen LogP) is 1.28. The van der Waals surface area contributed by atoms with Crippen LogP contribution in [0.4, 0.5) is 11.7 Å². The number of anilines is 2. The number of esters is 1. The summed E-state index contributed by atoms with van der Waals surface area (Å²) in [6, 6.07) is 0. The minimum Gasteiger partial charge on any atom is -0.465 e. The van der Waals surface area contributed by atoms with E-state index in [1.807, 2.05) is 4.90 Å². The molecule has 0 aromatic carbocycles. The van der Waals surface area contributed by atoms with E-state index in [1.54, 1.807) is 0 Å². The first-order valence-corrected chi connectivity index (χ1v) is 5.72. The van der Waals surface area contributed by atoms with Gasteiger partial charge < -0.3 is 19.9 Å². The van der Waals surface area contributed by atoms with Crippen LogP contribution in [0.15, 0.2) is 4.52 Å². The van der Waals surface area contributed by atoms with E-state index >= 15 is 0 Å². The summed E-state index contributed by atoms with van der Waals surface area (Å²) in [5.41, 5.74) is 5.84. The van der Waals surface area contributed by atoms with Gasteiger partial charge in [0.15, 0.2) is 11.4 Å².